The molecular formula is C29H36N6O5. The molecule has 1 aliphatic rings. The van der Waals surface area contributed by atoms with E-state index in [0.29, 0.717) is 49.1 Å². The van der Waals surface area contributed by atoms with Gasteiger partial charge in [0, 0.05) is 43.9 Å². The molecular weight excluding hydrogens is 512 g/mol. The van der Waals surface area contributed by atoms with E-state index < -0.39 is 6.09 Å². The summed E-state index contributed by atoms with van der Waals surface area (Å²) in [4.78, 5) is 31.3. The van der Waals surface area contributed by atoms with E-state index in [4.69, 9.17) is 9.47 Å². The average Bonchev–Trinajstić information content (AvgIpc) is 3.53. The molecule has 1 fully saturated rings. The Morgan fingerprint density at radius 1 is 1.18 bits per heavy atom. The number of hydrogen-bond donors (Lipinski definition) is 2. The predicted octanol–water partition coefficient (Wildman–Crippen LogP) is 4.77. The van der Waals surface area contributed by atoms with Crippen LogP contribution < -0.4 is 10.1 Å². The Bertz CT molecular complexity index is 1520. The van der Waals surface area contributed by atoms with Crippen molar-refractivity contribution in [1.29, 1.82) is 0 Å². The van der Waals surface area contributed by atoms with Crippen LogP contribution >= 0.6 is 0 Å². The zero-order valence-corrected chi connectivity index (χ0v) is 23.3. The lowest BCUT2D eigenvalue weighted by atomic mass is 9.74. The van der Waals surface area contributed by atoms with Gasteiger partial charge in [0.25, 0.3) is 5.91 Å². The van der Waals surface area contributed by atoms with Crippen molar-refractivity contribution in [3.05, 3.63) is 54.6 Å². The lowest BCUT2D eigenvalue weighted by Crippen LogP contribution is -2.55. The van der Waals surface area contributed by atoms with Gasteiger partial charge in [-0.3, -0.25) is 13.9 Å². The fourth-order valence-electron chi connectivity index (χ4n) is 5.88. The van der Waals surface area contributed by atoms with Crippen LogP contribution in [-0.4, -0.2) is 74.1 Å². The second-order valence-electron chi connectivity index (χ2n) is 11.3. The maximum Gasteiger partial charge on any atom is 0.407 e. The Balaban J connectivity index is 1.36. The van der Waals surface area contributed by atoms with Crippen LogP contribution in [0.3, 0.4) is 0 Å². The van der Waals surface area contributed by atoms with E-state index in [9.17, 15) is 14.7 Å². The number of imidazole rings is 1. The fourth-order valence-corrected chi connectivity index (χ4v) is 5.88. The number of likely N-dealkylation sites (tertiary alicyclic amines) is 1. The van der Waals surface area contributed by atoms with Gasteiger partial charge in [0.2, 0.25) is 0 Å². The molecule has 2 atom stereocenters. The van der Waals surface area contributed by atoms with Crippen molar-refractivity contribution in [2.45, 2.75) is 46.2 Å². The van der Waals surface area contributed by atoms with Gasteiger partial charge in [-0.05, 0) is 42.4 Å². The normalized spacial score (nSPS) is 17.9. The quantitative estimate of drug-likeness (QED) is 0.304. The first kappa shape index (κ1) is 27.4. The van der Waals surface area contributed by atoms with Crippen LogP contribution in [0.2, 0.25) is 0 Å². The average molecular weight is 549 g/mol. The van der Waals surface area contributed by atoms with Gasteiger partial charge < -0.3 is 24.8 Å². The maximum absolute atomic E-state index is 13.3. The number of ether oxygens (including phenoxy) is 2. The summed E-state index contributed by atoms with van der Waals surface area (Å²) in [6, 6.07) is 9.15. The SMILES string of the molecule is COCCOc1ccn2c(C(=O)Nc3cccc4c3cnn4CC3CCCN(C(=O)O)C3C(C)(C)C)cnc2c1. The lowest BCUT2D eigenvalue weighted by molar-refractivity contribution is 0.0165. The third kappa shape index (κ3) is 5.46. The number of carboxylic acid groups (broad SMARTS) is 1. The number of pyridine rings is 1. The summed E-state index contributed by atoms with van der Waals surface area (Å²) in [7, 11) is 1.62. The second-order valence-corrected chi connectivity index (χ2v) is 11.3. The minimum absolute atomic E-state index is 0.118. The third-order valence-corrected chi connectivity index (χ3v) is 7.51. The Morgan fingerprint density at radius 3 is 2.75 bits per heavy atom. The molecule has 4 aromatic rings. The monoisotopic (exact) mass is 548 g/mol. The van der Waals surface area contributed by atoms with Gasteiger partial charge >= 0.3 is 6.09 Å². The molecule has 4 heterocycles. The summed E-state index contributed by atoms with van der Waals surface area (Å²) in [5.41, 5.74) is 2.31. The number of amides is 2. The summed E-state index contributed by atoms with van der Waals surface area (Å²) in [6.07, 6.45) is 5.93. The standard InChI is InChI=1S/C29H36N6O5/c1-29(2,3)26-19(7-6-11-34(26)28(37)38)18-35-23-9-5-8-22(21(23)16-31-35)32-27(36)24-17-30-25-15-20(10-12-33(24)25)40-14-13-39-4/h5,8-10,12,15-17,19,26H,6-7,11,13-14,18H2,1-4H3,(H,32,36)(H,37,38). The second kappa shape index (κ2) is 11.2. The molecule has 2 amide bonds. The third-order valence-electron chi connectivity index (χ3n) is 7.51. The van der Waals surface area contributed by atoms with Crippen LogP contribution in [0.4, 0.5) is 10.5 Å². The molecule has 1 aliphatic heterocycles. The van der Waals surface area contributed by atoms with Gasteiger partial charge in [0.15, 0.2) is 0 Å². The number of anilines is 1. The van der Waals surface area contributed by atoms with Crippen molar-refractivity contribution in [1.82, 2.24) is 24.1 Å². The van der Waals surface area contributed by atoms with Crippen LogP contribution in [-0.2, 0) is 11.3 Å². The van der Waals surface area contributed by atoms with Crippen LogP contribution in [0.1, 0.15) is 44.1 Å². The largest absolute Gasteiger partial charge is 0.491 e. The van der Waals surface area contributed by atoms with Crippen molar-refractivity contribution in [2.75, 3.05) is 32.2 Å². The molecule has 1 saturated heterocycles. The summed E-state index contributed by atoms with van der Waals surface area (Å²) in [5.74, 6) is 0.475. The molecule has 2 unspecified atom stereocenters. The molecule has 5 rings (SSSR count). The molecule has 11 nitrogen and oxygen atoms in total. The van der Waals surface area contributed by atoms with Crippen molar-refractivity contribution in [3.63, 3.8) is 0 Å². The first-order chi connectivity index (χ1) is 19.2. The number of nitrogens with zero attached hydrogens (tertiary/aromatic N) is 5. The molecule has 40 heavy (non-hydrogen) atoms. The molecule has 0 spiro atoms. The number of piperidine rings is 1. The topological polar surface area (TPSA) is 123 Å². The van der Waals surface area contributed by atoms with Gasteiger partial charge in [0.05, 0.1) is 30.2 Å². The van der Waals surface area contributed by atoms with Gasteiger partial charge in [-0.25, -0.2) is 9.78 Å². The predicted molar refractivity (Wildman–Crippen MR) is 151 cm³/mol. The fraction of sp³-hybridized carbons (Fsp3) is 0.448. The molecule has 0 bridgehead atoms. The van der Waals surface area contributed by atoms with E-state index in [0.717, 1.165) is 23.7 Å². The molecule has 11 heteroatoms. The van der Waals surface area contributed by atoms with E-state index in [-0.39, 0.29) is 23.3 Å². The van der Waals surface area contributed by atoms with Crippen molar-refractivity contribution < 1.29 is 24.2 Å². The highest BCUT2D eigenvalue weighted by molar-refractivity contribution is 6.08. The van der Waals surface area contributed by atoms with E-state index in [1.54, 1.807) is 40.9 Å². The molecule has 2 N–H and O–H groups in total. The Hall–Kier alpha value is -4.12. The van der Waals surface area contributed by atoms with E-state index in [2.05, 4.69) is 36.2 Å². The minimum atomic E-state index is -0.873. The summed E-state index contributed by atoms with van der Waals surface area (Å²) < 4.78 is 14.3. The highest BCUT2D eigenvalue weighted by Crippen LogP contribution is 2.37. The van der Waals surface area contributed by atoms with Gasteiger partial charge in [-0.2, -0.15) is 5.10 Å². The Labute approximate surface area is 232 Å². The number of nitrogens with one attached hydrogen (secondary N) is 1. The first-order valence-corrected chi connectivity index (χ1v) is 13.5. The van der Waals surface area contributed by atoms with Crippen LogP contribution in [0.25, 0.3) is 16.6 Å². The van der Waals surface area contributed by atoms with Gasteiger partial charge in [-0.15, -0.1) is 0 Å². The van der Waals surface area contributed by atoms with Gasteiger partial charge in [0.1, 0.15) is 23.7 Å². The number of benzene rings is 1. The van der Waals surface area contributed by atoms with Crippen molar-refractivity contribution in [3.8, 4) is 5.75 Å². The highest BCUT2D eigenvalue weighted by atomic mass is 16.5. The lowest BCUT2D eigenvalue weighted by Gasteiger charge is -2.46. The zero-order valence-electron chi connectivity index (χ0n) is 23.3. The molecule has 212 valence electrons. The number of methoxy groups -OCH3 is 1. The molecule has 3 aromatic heterocycles. The Morgan fingerprint density at radius 2 is 2.00 bits per heavy atom. The summed E-state index contributed by atoms with van der Waals surface area (Å²) in [6.45, 7) is 8.33. The number of hydrogen-bond acceptors (Lipinski definition) is 6. The summed E-state index contributed by atoms with van der Waals surface area (Å²) in [5, 5.41) is 18.3. The molecule has 1 aromatic carbocycles. The summed E-state index contributed by atoms with van der Waals surface area (Å²) >= 11 is 0. The van der Waals surface area contributed by atoms with Crippen LogP contribution in [0.15, 0.2) is 48.9 Å². The minimum Gasteiger partial charge on any atom is -0.491 e. The van der Waals surface area contributed by atoms with Gasteiger partial charge in [-0.1, -0.05) is 26.8 Å². The zero-order chi connectivity index (χ0) is 28.4. The smallest absolute Gasteiger partial charge is 0.407 e. The van der Waals surface area contributed by atoms with E-state index >= 15 is 0 Å². The maximum atomic E-state index is 13.3. The Kier molecular flexibility index (Phi) is 7.66. The number of rotatable bonds is 8. The van der Waals surface area contributed by atoms with E-state index in [1.807, 2.05) is 22.9 Å². The highest BCUT2D eigenvalue weighted by Gasteiger charge is 2.42. The van der Waals surface area contributed by atoms with Crippen LogP contribution in [0, 0.1) is 11.3 Å². The first-order valence-electron chi connectivity index (χ1n) is 13.5. The molecule has 0 aliphatic carbocycles. The molecule has 0 saturated carbocycles. The number of carbonyl (C=O) groups is 2. The number of aromatic nitrogens is 4. The van der Waals surface area contributed by atoms with Crippen molar-refractivity contribution in [2.24, 2.45) is 11.3 Å². The molecule has 0 radical (unpaired) electrons. The number of fused-ring (bicyclic) bond motifs is 2. The van der Waals surface area contributed by atoms with Crippen LogP contribution in [0.5, 0.6) is 5.75 Å². The van der Waals surface area contributed by atoms with E-state index in [1.165, 1.54) is 6.20 Å². The number of carbonyl (C=O) groups excluding carboxylic acids is 1. The van der Waals surface area contributed by atoms with Crippen molar-refractivity contribution >= 4 is 34.2 Å².